The molecule has 0 saturated heterocycles. The number of hydrogen-bond acceptors (Lipinski definition) is 6. The molecular formula is C17H26ClNO4S. The average Bonchev–Trinajstić information content (AvgIpc) is 2.48. The van der Waals surface area contributed by atoms with Gasteiger partial charge in [-0.3, -0.25) is 4.79 Å². The number of hydrogen-bond donors (Lipinski definition) is 2. The molecule has 0 spiro atoms. The van der Waals surface area contributed by atoms with Crippen LogP contribution in [0.3, 0.4) is 0 Å². The summed E-state index contributed by atoms with van der Waals surface area (Å²) in [5.41, 5.74) is 0.679. The standard InChI is InChI=1S/C17H26ClNO4S/c1-4-13(19-23-8-6-7-18)16-14(20)10-17(22,11-15(16)21)9-12(3)24-5-2/h6-7,12,20,22H,4-5,8-11H2,1-3H3. The summed E-state index contributed by atoms with van der Waals surface area (Å²) >= 11 is 7.12. The Balaban J connectivity index is 2.92. The number of allylic oxidation sites excluding steroid dienone is 1. The zero-order chi connectivity index (χ0) is 18.2. The Morgan fingerprint density at radius 1 is 1.50 bits per heavy atom. The lowest BCUT2D eigenvalue weighted by Gasteiger charge is -2.34. The fourth-order valence-electron chi connectivity index (χ4n) is 2.84. The summed E-state index contributed by atoms with van der Waals surface area (Å²) in [6, 6.07) is 0. The molecule has 1 aliphatic rings. The first-order valence-electron chi connectivity index (χ1n) is 8.10. The summed E-state index contributed by atoms with van der Waals surface area (Å²) in [7, 11) is 0. The number of aliphatic hydroxyl groups is 2. The van der Waals surface area contributed by atoms with Gasteiger partial charge in [0.2, 0.25) is 0 Å². The highest BCUT2D eigenvalue weighted by molar-refractivity contribution is 7.99. The second-order valence-corrected chi connectivity index (χ2v) is 7.81. The van der Waals surface area contributed by atoms with Gasteiger partial charge in [-0.05, 0) is 24.7 Å². The van der Waals surface area contributed by atoms with Crippen molar-refractivity contribution in [2.45, 2.75) is 57.3 Å². The molecule has 2 N–H and O–H groups in total. The minimum absolute atomic E-state index is 0.0123. The maximum atomic E-state index is 12.5. The van der Waals surface area contributed by atoms with Crippen LogP contribution in [0.5, 0.6) is 0 Å². The topological polar surface area (TPSA) is 79.1 Å². The molecule has 1 rings (SSSR count). The monoisotopic (exact) mass is 375 g/mol. The SMILES string of the molecule is CCSC(C)CC1(O)CC(=O)C(C(CC)=NOCC=CCl)=C(O)C1. The number of carbonyl (C=O) groups is 1. The molecule has 24 heavy (non-hydrogen) atoms. The van der Waals surface area contributed by atoms with E-state index in [-0.39, 0.29) is 41.8 Å². The Morgan fingerprint density at radius 2 is 2.21 bits per heavy atom. The van der Waals surface area contributed by atoms with Crippen LogP contribution in [0.15, 0.2) is 28.1 Å². The first-order chi connectivity index (χ1) is 11.4. The summed E-state index contributed by atoms with van der Waals surface area (Å²) < 4.78 is 0. The third-order valence-electron chi connectivity index (χ3n) is 3.73. The van der Waals surface area contributed by atoms with Crippen LogP contribution >= 0.6 is 23.4 Å². The molecule has 0 radical (unpaired) electrons. The molecule has 2 unspecified atom stereocenters. The van der Waals surface area contributed by atoms with Gasteiger partial charge in [-0.25, -0.2) is 0 Å². The van der Waals surface area contributed by atoms with Gasteiger partial charge in [-0.2, -0.15) is 11.8 Å². The van der Waals surface area contributed by atoms with Crippen LogP contribution in [0.2, 0.25) is 0 Å². The van der Waals surface area contributed by atoms with E-state index in [1.165, 1.54) is 5.54 Å². The lowest BCUT2D eigenvalue weighted by molar-refractivity contribution is -0.122. The zero-order valence-electron chi connectivity index (χ0n) is 14.4. The molecule has 2 atom stereocenters. The smallest absolute Gasteiger partial charge is 0.171 e. The summed E-state index contributed by atoms with van der Waals surface area (Å²) in [5.74, 6) is 0.533. The Bertz CT molecular complexity index is 533. The van der Waals surface area contributed by atoms with Crippen LogP contribution in [0.1, 0.15) is 46.5 Å². The minimum atomic E-state index is -1.20. The van der Waals surface area contributed by atoms with Gasteiger partial charge in [0.25, 0.3) is 0 Å². The van der Waals surface area contributed by atoms with E-state index in [0.717, 1.165) is 5.75 Å². The van der Waals surface area contributed by atoms with Gasteiger partial charge in [0.15, 0.2) is 5.78 Å². The minimum Gasteiger partial charge on any atom is -0.511 e. The molecule has 0 saturated carbocycles. The number of carbonyl (C=O) groups excluding carboxylic acids is 1. The van der Waals surface area contributed by atoms with Crippen molar-refractivity contribution in [1.82, 2.24) is 0 Å². The summed E-state index contributed by atoms with van der Waals surface area (Å²) in [4.78, 5) is 17.6. The molecule has 0 heterocycles. The molecule has 0 amide bonds. The van der Waals surface area contributed by atoms with Crippen LogP contribution in [0.25, 0.3) is 0 Å². The molecule has 0 fully saturated rings. The van der Waals surface area contributed by atoms with Crippen molar-refractivity contribution in [3.8, 4) is 0 Å². The molecule has 0 bridgehead atoms. The second-order valence-electron chi connectivity index (χ2n) is 5.84. The molecule has 136 valence electrons. The normalized spacial score (nSPS) is 23.9. The van der Waals surface area contributed by atoms with Crippen molar-refractivity contribution in [1.29, 1.82) is 0 Å². The van der Waals surface area contributed by atoms with E-state index in [1.54, 1.807) is 17.8 Å². The third kappa shape index (κ3) is 6.15. The summed E-state index contributed by atoms with van der Waals surface area (Å²) in [6.07, 6.45) is 2.52. The van der Waals surface area contributed by atoms with Crippen molar-refractivity contribution < 1.29 is 19.8 Å². The van der Waals surface area contributed by atoms with E-state index in [9.17, 15) is 15.0 Å². The fraction of sp³-hybridized carbons (Fsp3) is 0.647. The predicted molar refractivity (Wildman–Crippen MR) is 99.7 cm³/mol. The molecule has 5 nitrogen and oxygen atoms in total. The Labute approximate surface area is 152 Å². The average molecular weight is 376 g/mol. The number of oxime groups is 1. The van der Waals surface area contributed by atoms with Gasteiger partial charge in [-0.15, -0.1) is 0 Å². The maximum Gasteiger partial charge on any atom is 0.171 e. The molecule has 0 aromatic heterocycles. The number of nitrogens with zero attached hydrogens (tertiary/aromatic N) is 1. The van der Waals surface area contributed by atoms with Crippen LogP contribution in [0, 0.1) is 0 Å². The molecule has 7 heteroatoms. The Kier molecular flexibility index (Phi) is 8.87. The maximum absolute atomic E-state index is 12.5. The molecule has 1 aliphatic carbocycles. The number of halogens is 1. The lowest BCUT2D eigenvalue weighted by atomic mass is 9.79. The largest absolute Gasteiger partial charge is 0.511 e. The highest BCUT2D eigenvalue weighted by Gasteiger charge is 2.40. The van der Waals surface area contributed by atoms with Crippen molar-refractivity contribution in [2.75, 3.05) is 12.4 Å². The quantitative estimate of drug-likeness (QED) is 0.362. The highest BCUT2D eigenvalue weighted by Crippen LogP contribution is 2.36. The predicted octanol–water partition coefficient (Wildman–Crippen LogP) is 3.96. The molecule has 0 aromatic carbocycles. The van der Waals surface area contributed by atoms with E-state index in [2.05, 4.69) is 12.1 Å². The van der Waals surface area contributed by atoms with Gasteiger partial charge in [-0.1, -0.05) is 37.5 Å². The number of thioether (sulfide) groups is 1. The van der Waals surface area contributed by atoms with Gasteiger partial charge in [0, 0.05) is 23.6 Å². The molecule has 0 aromatic rings. The van der Waals surface area contributed by atoms with Gasteiger partial charge in [0.1, 0.15) is 12.4 Å². The van der Waals surface area contributed by atoms with Gasteiger partial charge in [0.05, 0.1) is 16.9 Å². The van der Waals surface area contributed by atoms with Crippen LogP contribution < -0.4 is 0 Å². The molecule has 0 aliphatic heterocycles. The number of ketones is 1. The summed E-state index contributed by atoms with van der Waals surface area (Å²) in [5, 5.41) is 25.2. The Morgan fingerprint density at radius 3 is 2.75 bits per heavy atom. The van der Waals surface area contributed by atoms with Crippen LogP contribution in [-0.2, 0) is 9.63 Å². The fourth-order valence-corrected chi connectivity index (χ4v) is 3.91. The zero-order valence-corrected chi connectivity index (χ0v) is 16.0. The summed E-state index contributed by atoms with van der Waals surface area (Å²) in [6.45, 7) is 6.08. The van der Waals surface area contributed by atoms with Crippen molar-refractivity contribution in [2.24, 2.45) is 5.16 Å². The van der Waals surface area contributed by atoms with Crippen molar-refractivity contribution >= 4 is 34.9 Å². The van der Waals surface area contributed by atoms with Crippen LogP contribution in [0.4, 0.5) is 0 Å². The first kappa shape index (κ1) is 21.1. The molecular weight excluding hydrogens is 350 g/mol. The van der Waals surface area contributed by atoms with E-state index in [1.807, 2.05) is 13.8 Å². The van der Waals surface area contributed by atoms with E-state index in [4.69, 9.17) is 16.4 Å². The van der Waals surface area contributed by atoms with Gasteiger partial charge < -0.3 is 15.1 Å². The first-order valence-corrected chi connectivity index (χ1v) is 9.59. The van der Waals surface area contributed by atoms with Gasteiger partial charge >= 0.3 is 0 Å². The van der Waals surface area contributed by atoms with E-state index >= 15 is 0 Å². The van der Waals surface area contributed by atoms with Crippen molar-refractivity contribution in [3.05, 3.63) is 22.9 Å². The number of rotatable bonds is 9. The third-order valence-corrected chi connectivity index (χ3v) is 4.98. The highest BCUT2D eigenvalue weighted by atomic mass is 35.5. The van der Waals surface area contributed by atoms with Crippen molar-refractivity contribution in [3.63, 3.8) is 0 Å². The van der Waals surface area contributed by atoms with E-state index in [0.29, 0.717) is 18.6 Å². The lowest BCUT2D eigenvalue weighted by Crippen LogP contribution is -2.40. The van der Waals surface area contributed by atoms with Crippen LogP contribution in [-0.4, -0.2) is 44.9 Å². The number of aliphatic hydroxyl groups excluding tert-OH is 1. The van der Waals surface area contributed by atoms with E-state index < -0.39 is 5.60 Å². The number of Topliss-reactive ketones (excluding diaryl/α,β-unsaturated/α-hetero) is 1. The second kappa shape index (κ2) is 10.1. The Hall–Kier alpha value is -0.980.